The summed E-state index contributed by atoms with van der Waals surface area (Å²) in [6, 6.07) is 15.6. The number of phenols is 1. The Labute approximate surface area is 158 Å². The first kappa shape index (κ1) is 18.7. The van der Waals surface area contributed by atoms with E-state index in [0.717, 1.165) is 11.3 Å². The summed E-state index contributed by atoms with van der Waals surface area (Å²) in [5, 5.41) is 14.9. The highest BCUT2D eigenvalue weighted by Crippen LogP contribution is 2.29. The number of benzene rings is 2. The molecule has 0 aromatic heterocycles. The molecule has 1 aliphatic rings. The van der Waals surface area contributed by atoms with Crippen LogP contribution in [0, 0.1) is 0 Å². The molecular weight excluding hydrogens is 344 g/mol. The van der Waals surface area contributed by atoms with E-state index in [-0.39, 0.29) is 11.7 Å². The van der Waals surface area contributed by atoms with Crippen molar-refractivity contribution in [2.45, 2.75) is 6.04 Å². The van der Waals surface area contributed by atoms with E-state index in [2.05, 4.69) is 20.4 Å². The zero-order chi connectivity index (χ0) is 19.2. The average Bonchev–Trinajstić information content (AvgIpc) is 2.70. The Morgan fingerprint density at radius 3 is 2.22 bits per heavy atom. The van der Waals surface area contributed by atoms with Gasteiger partial charge < -0.3 is 15.3 Å². The van der Waals surface area contributed by atoms with Gasteiger partial charge in [0, 0.05) is 33.2 Å². The van der Waals surface area contributed by atoms with E-state index in [9.17, 15) is 14.7 Å². The van der Waals surface area contributed by atoms with Crippen molar-refractivity contribution in [1.29, 1.82) is 0 Å². The number of phenolic OH excluding ortho intramolecular Hbond substituents is 1. The highest BCUT2D eigenvalue weighted by Gasteiger charge is 2.31. The number of nitrogens with zero attached hydrogens (tertiary/aromatic N) is 2. The molecule has 1 atom stereocenters. The zero-order valence-corrected chi connectivity index (χ0v) is 15.3. The van der Waals surface area contributed by atoms with Crippen molar-refractivity contribution in [3.8, 4) is 5.75 Å². The molecule has 0 bridgehead atoms. The number of imide groups is 1. The Bertz CT molecular complexity index is 789. The van der Waals surface area contributed by atoms with Gasteiger partial charge in [0.15, 0.2) is 0 Å². The number of aromatic hydroxyl groups is 1. The molecule has 27 heavy (non-hydrogen) atoms. The molecule has 3 rings (SSSR count). The number of urea groups is 1. The maximum atomic E-state index is 12.8. The number of anilines is 1. The lowest BCUT2D eigenvalue weighted by Crippen LogP contribution is -2.52. The fourth-order valence-corrected chi connectivity index (χ4v) is 3.36. The maximum Gasteiger partial charge on any atom is 0.321 e. The minimum atomic E-state index is -0.546. The highest BCUT2D eigenvalue weighted by molar-refractivity contribution is 5.97. The van der Waals surface area contributed by atoms with Crippen molar-refractivity contribution >= 4 is 17.6 Å². The predicted molar refractivity (Wildman–Crippen MR) is 104 cm³/mol. The van der Waals surface area contributed by atoms with Crippen LogP contribution in [0.15, 0.2) is 54.6 Å². The van der Waals surface area contributed by atoms with Crippen molar-refractivity contribution in [2.24, 2.45) is 0 Å². The summed E-state index contributed by atoms with van der Waals surface area (Å²) >= 11 is 0. The molecule has 1 fully saturated rings. The number of nitrogens with one attached hydrogen (secondary N) is 2. The van der Waals surface area contributed by atoms with E-state index in [1.54, 1.807) is 12.1 Å². The van der Waals surface area contributed by atoms with Crippen molar-refractivity contribution in [1.82, 2.24) is 15.5 Å². The Hall–Kier alpha value is -3.06. The van der Waals surface area contributed by atoms with E-state index in [1.807, 2.05) is 42.5 Å². The van der Waals surface area contributed by atoms with Gasteiger partial charge in [0.05, 0.1) is 5.69 Å². The largest absolute Gasteiger partial charge is 0.506 e. The van der Waals surface area contributed by atoms with Gasteiger partial charge in [-0.15, -0.1) is 0 Å². The minimum absolute atomic E-state index is 0.253. The summed E-state index contributed by atoms with van der Waals surface area (Å²) in [7, 11) is 1.48. The van der Waals surface area contributed by atoms with Crippen LogP contribution < -0.4 is 15.5 Å². The molecule has 0 aliphatic carbocycles. The van der Waals surface area contributed by atoms with E-state index in [0.29, 0.717) is 26.2 Å². The summed E-state index contributed by atoms with van der Waals surface area (Å²) in [6.45, 7) is 2.62. The quantitative estimate of drug-likeness (QED) is 0.765. The van der Waals surface area contributed by atoms with Crippen LogP contribution in [0.25, 0.3) is 0 Å². The number of carbonyl (C=O) groups excluding carboxylic acids is 2. The van der Waals surface area contributed by atoms with Gasteiger partial charge in [-0.3, -0.25) is 15.0 Å². The SMILES string of the molecule is CNC(=O)NC(=O)C(c1ccccc1)N1CCN(c2ccccc2O)CC1. The first-order valence-corrected chi connectivity index (χ1v) is 8.94. The standard InChI is InChI=1S/C20H24N4O3/c1-21-20(27)22-19(26)18(15-7-3-2-4-8-15)24-13-11-23(12-14-24)16-9-5-6-10-17(16)25/h2-10,18,25H,11-14H2,1H3,(H2,21,22,26,27). The van der Waals surface area contributed by atoms with Crippen molar-refractivity contribution in [3.05, 3.63) is 60.2 Å². The van der Waals surface area contributed by atoms with E-state index in [4.69, 9.17) is 0 Å². The zero-order valence-electron chi connectivity index (χ0n) is 15.3. The topological polar surface area (TPSA) is 84.9 Å². The third kappa shape index (κ3) is 4.38. The van der Waals surface area contributed by atoms with Crippen molar-refractivity contribution in [3.63, 3.8) is 0 Å². The Balaban J connectivity index is 1.75. The molecule has 1 saturated heterocycles. The van der Waals surface area contributed by atoms with E-state index in [1.165, 1.54) is 7.05 Å². The number of carbonyl (C=O) groups is 2. The smallest absolute Gasteiger partial charge is 0.321 e. The number of para-hydroxylation sites is 2. The molecule has 2 aromatic rings. The van der Waals surface area contributed by atoms with Gasteiger partial charge in [0.2, 0.25) is 5.91 Å². The fraction of sp³-hybridized carbons (Fsp3) is 0.300. The van der Waals surface area contributed by atoms with Crippen molar-refractivity contribution < 1.29 is 14.7 Å². The maximum absolute atomic E-state index is 12.8. The molecule has 3 N–H and O–H groups in total. The molecule has 7 heteroatoms. The summed E-state index contributed by atoms with van der Waals surface area (Å²) < 4.78 is 0. The number of piperazine rings is 1. The molecule has 142 valence electrons. The van der Waals surface area contributed by atoms with Gasteiger partial charge >= 0.3 is 6.03 Å². The highest BCUT2D eigenvalue weighted by atomic mass is 16.3. The molecule has 0 spiro atoms. The van der Waals surface area contributed by atoms with Crippen LogP contribution in [-0.4, -0.2) is 55.2 Å². The second kappa shape index (κ2) is 8.55. The van der Waals surface area contributed by atoms with Crippen LogP contribution in [0.5, 0.6) is 5.75 Å². The second-order valence-corrected chi connectivity index (χ2v) is 6.39. The van der Waals surface area contributed by atoms with E-state index < -0.39 is 12.1 Å². The predicted octanol–water partition coefficient (Wildman–Crippen LogP) is 1.71. The number of hydrogen-bond acceptors (Lipinski definition) is 5. The first-order chi connectivity index (χ1) is 13.1. The molecule has 0 radical (unpaired) electrons. The minimum Gasteiger partial charge on any atom is -0.506 e. The van der Waals surface area contributed by atoms with Crippen LogP contribution >= 0.6 is 0 Å². The van der Waals surface area contributed by atoms with Crippen LogP contribution in [0.4, 0.5) is 10.5 Å². The monoisotopic (exact) mass is 368 g/mol. The molecule has 7 nitrogen and oxygen atoms in total. The summed E-state index contributed by atoms with van der Waals surface area (Å²) in [6.07, 6.45) is 0. The molecule has 2 aromatic carbocycles. The lowest BCUT2D eigenvalue weighted by atomic mass is 10.0. The van der Waals surface area contributed by atoms with Crippen molar-refractivity contribution in [2.75, 3.05) is 38.1 Å². The van der Waals surface area contributed by atoms with Gasteiger partial charge in [0.25, 0.3) is 0 Å². The third-order valence-electron chi connectivity index (χ3n) is 4.73. The van der Waals surface area contributed by atoms with Gasteiger partial charge in [-0.2, -0.15) is 0 Å². The third-order valence-corrected chi connectivity index (χ3v) is 4.73. The van der Waals surface area contributed by atoms with Crippen LogP contribution in [-0.2, 0) is 4.79 Å². The second-order valence-electron chi connectivity index (χ2n) is 6.39. The van der Waals surface area contributed by atoms with Crippen LogP contribution in [0.1, 0.15) is 11.6 Å². The molecule has 1 unspecified atom stereocenters. The number of amides is 3. The summed E-state index contributed by atoms with van der Waals surface area (Å²) in [4.78, 5) is 28.5. The lowest BCUT2D eigenvalue weighted by Gasteiger charge is -2.39. The Morgan fingerprint density at radius 2 is 1.59 bits per heavy atom. The Kier molecular flexibility index (Phi) is 5.93. The van der Waals surface area contributed by atoms with Crippen LogP contribution in [0.2, 0.25) is 0 Å². The molecule has 0 saturated carbocycles. The van der Waals surface area contributed by atoms with Gasteiger partial charge in [0.1, 0.15) is 11.8 Å². The number of rotatable bonds is 4. The van der Waals surface area contributed by atoms with Gasteiger partial charge in [-0.05, 0) is 17.7 Å². The van der Waals surface area contributed by atoms with E-state index >= 15 is 0 Å². The lowest BCUT2D eigenvalue weighted by molar-refractivity contribution is -0.125. The fourth-order valence-electron chi connectivity index (χ4n) is 3.36. The van der Waals surface area contributed by atoms with Gasteiger partial charge in [-0.25, -0.2) is 4.79 Å². The normalized spacial score (nSPS) is 15.8. The molecule has 1 aliphatic heterocycles. The summed E-state index contributed by atoms with van der Waals surface area (Å²) in [5.41, 5.74) is 1.64. The summed E-state index contributed by atoms with van der Waals surface area (Å²) in [5.74, 6) is -0.0977. The first-order valence-electron chi connectivity index (χ1n) is 8.94. The van der Waals surface area contributed by atoms with Crippen LogP contribution in [0.3, 0.4) is 0 Å². The van der Waals surface area contributed by atoms with Gasteiger partial charge in [-0.1, -0.05) is 42.5 Å². The molecular formula is C20H24N4O3. The average molecular weight is 368 g/mol. The molecule has 1 heterocycles. The molecule has 3 amide bonds. The Morgan fingerprint density at radius 1 is 0.963 bits per heavy atom. The number of hydrogen-bond donors (Lipinski definition) is 3.